The molecule has 13 atom stereocenters. The highest BCUT2D eigenvalue weighted by Crippen LogP contribution is 2.62. The Morgan fingerprint density at radius 2 is 0.773 bits per heavy atom. The van der Waals surface area contributed by atoms with Gasteiger partial charge in [0.2, 0.25) is 15.9 Å². The number of halogens is 12. The van der Waals surface area contributed by atoms with Crippen LogP contribution in [0.2, 0.25) is 20.1 Å². The Bertz CT molecular complexity index is 5440. The van der Waals surface area contributed by atoms with Gasteiger partial charge in [0.25, 0.3) is 0 Å². The molecule has 3 N–H and O–H groups in total. The Morgan fingerprint density at radius 1 is 0.420 bits per heavy atom. The zero-order chi connectivity index (χ0) is 84.9. The Kier molecular flexibility index (Phi) is 26.3. The van der Waals surface area contributed by atoms with Gasteiger partial charge in [0.1, 0.15) is 32.8 Å². The maximum absolute atomic E-state index is 15.2. The molecule has 8 aromatic rings. The molecule has 119 heavy (non-hydrogen) atoms. The first-order valence-electron chi connectivity index (χ1n) is 40.5. The number of rotatable bonds is 17. The monoisotopic (exact) mass is 1780 g/mol. The normalized spacial score (nSPS) is 27.0. The van der Waals surface area contributed by atoms with Crippen molar-refractivity contribution in [2.24, 2.45) is 53.3 Å². The average Bonchev–Trinajstić information content (AvgIpc) is 1.44. The second-order valence-electron chi connectivity index (χ2n) is 33.5. The molecule has 1 unspecified atom stereocenters. The van der Waals surface area contributed by atoms with Crippen LogP contribution in [0, 0.1) is 99.8 Å². The van der Waals surface area contributed by atoms with E-state index in [0.717, 1.165) is 92.6 Å². The van der Waals surface area contributed by atoms with Crippen LogP contribution in [0.5, 0.6) is 23.0 Å². The number of carbonyl (C=O) groups excluding carboxylic acids is 1. The third-order valence-corrected chi connectivity index (χ3v) is 33.7. The van der Waals surface area contributed by atoms with E-state index in [1.54, 1.807) is 0 Å². The maximum Gasteiger partial charge on any atom is 0.216 e. The van der Waals surface area contributed by atoms with E-state index < -0.39 is 108 Å². The van der Waals surface area contributed by atoms with Crippen molar-refractivity contribution < 1.29 is 84.1 Å². The summed E-state index contributed by atoms with van der Waals surface area (Å²) in [7, 11) is -12.0. The fourth-order valence-corrected chi connectivity index (χ4v) is 26.9. The highest BCUT2D eigenvalue weighted by molar-refractivity contribution is 7.92. The molecule has 0 bridgehead atoms. The smallest absolute Gasteiger partial charge is 0.216 e. The van der Waals surface area contributed by atoms with E-state index in [1.165, 1.54) is 92.6 Å². The van der Waals surface area contributed by atoms with Gasteiger partial charge in [0.15, 0.2) is 65.9 Å². The standard InChI is InChI=1S/C25H28ClF2NO.C22H22ClF2NO4S.C22H23ClF2O.C21H22ClF2NO5S2/c1-15-19-14-30-24-21(28)9-8-20(27)23(24)25(19,12-16-4-6-18(26)7-5-16)11-10-22(15)29-13-17-2-3-17;1-13(27)26-11-14-3-2-10-22(31(28,29)16-6-4-15(23)5-7-16)17(14)12-30-21-19(25)9-8-18(24)20(21)22;1-2-15-4-3-11-22(12-14-5-7-16(23)8-6-14)17(15)13-26-21-19(25)10-9-18(24)20(21)22;1-31(26,27)25-11-13-3-2-10-21(32(28,29)15-6-4-14(22)5-7-15)16(13)12-30-20-18(24)9-8-17(23)19(20)21/h4-9,15,17,19,22,29H,2-3,10-14H2,1H3;4-9,14,17H,2-3,10-12H2,1H3,(H,26,27);5-10,15,17H,2-4,11-13H2,1H3;4-9,13,16,25H,2-3,10-12H2,1H3/t15-,19-,22+,25-;14-,17-,22-;15-,17?,22+;13-,16-,21-/m0010/s1. The molecule has 5 fully saturated rings. The summed E-state index contributed by atoms with van der Waals surface area (Å²) < 4.78 is 220. The lowest BCUT2D eigenvalue weighted by Gasteiger charge is -2.53. The molecule has 4 heterocycles. The summed E-state index contributed by atoms with van der Waals surface area (Å²) in [6.07, 6.45) is 13.0. The number of nitrogens with one attached hydrogen (secondary N) is 3. The van der Waals surface area contributed by atoms with Gasteiger partial charge in [-0.3, -0.25) is 4.79 Å². The number of hydrogen-bond acceptors (Lipinski definition) is 12. The van der Waals surface area contributed by atoms with Gasteiger partial charge in [0.05, 0.1) is 53.6 Å². The predicted octanol–water partition coefficient (Wildman–Crippen LogP) is 20.1. The van der Waals surface area contributed by atoms with Crippen LogP contribution >= 0.6 is 46.4 Å². The highest BCUT2D eigenvalue weighted by atomic mass is 35.5. The predicted molar refractivity (Wildman–Crippen MR) is 442 cm³/mol. The number of fused-ring (bicyclic) bond motifs is 12. The van der Waals surface area contributed by atoms with E-state index in [1.807, 2.05) is 48.5 Å². The first-order valence-corrected chi connectivity index (χ1v) is 46.9. The number of sulfone groups is 2. The molecule has 17 rings (SSSR count). The fourth-order valence-electron chi connectivity index (χ4n) is 21.0. The summed E-state index contributed by atoms with van der Waals surface area (Å²) in [5, 5.41) is 8.57. The molecular formula is C90H95Cl4F8N3O11S3. The van der Waals surface area contributed by atoms with Gasteiger partial charge >= 0.3 is 0 Å². The number of hydrogen-bond donors (Lipinski definition) is 3. The van der Waals surface area contributed by atoms with Crippen LogP contribution < -0.4 is 34.3 Å². The molecule has 638 valence electrons. The minimum absolute atomic E-state index is 0.0152. The van der Waals surface area contributed by atoms with Crippen LogP contribution in [-0.4, -0.2) is 89.5 Å². The number of benzene rings is 8. The lowest BCUT2D eigenvalue weighted by molar-refractivity contribution is -0.119. The summed E-state index contributed by atoms with van der Waals surface area (Å²) in [5.74, 6) is -6.08. The Balaban J connectivity index is 0.000000130. The quantitative estimate of drug-likeness (QED) is 0.0732. The lowest BCUT2D eigenvalue weighted by Crippen LogP contribution is -2.57. The lowest BCUT2D eigenvalue weighted by atomic mass is 9.54. The van der Waals surface area contributed by atoms with E-state index in [-0.39, 0.29) is 113 Å². The first-order chi connectivity index (χ1) is 56.7. The second kappa shape index (κ2) is 35.6. The summed E-state index contributed by atoms with van der Waals surface area (Å²) in [5.41, 5.74) is 1.59. The van der Waals surface area contributed by atoms with Gasteiger partial charge in [-0.15, -0.1) is 0 Å². The third-order valence-electron chi connectivity index (χ3n) is 26.8. The average molecular weight is 1780 g/mol. The van der Waals surface area contributed by atoms with Crippen molar-refractivity contribution in [1.29, 1.82) is 0 Å². The fraction of sp³-hybridized carbons (Fsp3) is 0.456. The maximum atomic E-state index is 15.2. The van der Waals surface area contributed by atoms with Crippen molar-refractivity contribution in [3.8, 4) is 23.0 Å². The summed E-state index contributed by atoms with van der Waals surface area (Å²) in [6, 6.07) is 35.6. The molecular weight excluding hydrogens is 1690 g/mol. The molecule has 0 aromatic heterocycles. The Morgan fingerprint density at radius 3 is 1.18 bits per heavy atom. The largest absolute Gasteiger partial charge is 0.490 e. The Labute approximate surface area is 710 Å². The zero-order valence-electron chi connectivity index (χ0n) is 66.1. The van der Waals surface area contributed by atoms with Crippen molar-refractivity contribution in [3.63, 3.8) is 0 Å². The van der Waals surface area contributed by atoms with E-state index in [9.17, 15) is 52.0 Å². The minimum atomic E-state index is -4.26. The van der Waals surface area contributed by atoms with Crippen molar-refractivity contribution in [3.05, 3.63) is 246 Å². The third kappa shape index (κ3) is 17.1. The van der Waals surface area contributed by atoms with Gasteiger partial charge in [-0.05, 0) is 239 Å². The van der Waals surface area contributed by atoms with E-state index >= 15 is 13.2 Å². The van der Waals surface area contributed by atoms with Gasteiger partial charge in [0, 0.05) is 91.8 Å². The molecule has 9 aliphatic rings. The zero-order valence-corrected chi connectivity index (χ0v) is 71.6. The van der Waals surface area contributed by atoms with Crippen LogP contribution in [-0.2, 0) is 67.7 Å². The molecule has 1 amide bonds. The molecule has 0 saturated heterocycles. The van der Waals surface area contributed by atoms with Gasteiger partial charge in [-0.25, -0.2) is 65.1 Å². The van der Waals surface area contributed by atoms with Crippen LogP contribution in [0.3, 0.4) is 0 Å². The van der Waals surface area contributed by atoms with Crippen molar-refractivity contribution >= 4 is 82.0 Å². The van der Waals surface area contributed by atoms with E-state index in [4.69, 9.17) is 65.4 Å². The molecule has 14 nitrogen and oxygen atoms in total. The molecule has 5 aliphatic carbocycles. The number of ether oxygens (including phenoxy) is 4. The SMILES string of the molecule is CC(=O)NC[C@@H]1CCC[C@@]2(S(=O)(=O)c3ccc(Cl)cc3)c3c(F)ccc(F)c3OC[C@@H]12.CC[C@@H]1CCC[C@@]2(Cc3ccc(Cl)cc3)c3c(F)ccc(F)c3OCC12.CS(=O)(=O)NC[C@@H]1CCC[C@@]2(S(=O)(=O)c3ccc(Cl)cc3)c3c(F)ccc(F)c3OC[C@@H]12.C[C@@H]1[C@H](NCC2CC2)CC[C@@]2(Cc3ccc(Cl)cc3)c3c(F)ccc(F)c3OC[C@@H]12. The van der Waals surface area contributed by atoms with Gasteiger partial charge in [-0.1, -0.05) is 117 Å². The molecule has 4 aliphatic heterocycles. The van der Waals surface area contributed by atoms with Gasteiger partial charge in [-0.2, -0.15) is 0 Å². The van der Waals surface area contributed by atoms with Crippen molar-refractivity contribution in [1.82, 2.24) is 15.4 Å². The minimum Gasteiger partial charge on any atom is -0.490 e. The summed E-state index contributed by atoms with van der Waals surface area (Å²) in [4.78, 5) is 11.4. The summed E-state index contributed by atoms with van der Waals surface area (Å²) in [6.45, 7) is 7.67. The molecule has 0 spiro atoms. The second-order valence-corrected chi connectivity index (χ2v) is 41.5. The van der Waals surface area contributed by atoms with E-state index in [2.05, 4.69) is 29.2 Å². The molecule has 5 saturated carbocycles. The molecule has 0 radical (unpaired) electrons. The van der Waals surface area contributed by atoms with Gasteiger partial charge < -0.3 is 29.6 Å². The number of carbonyl (C=O) groups is 1. The highest BCUT2D eigenvalue weighted by Gasteiger charge is 2.64. The van der Waals surface area contributed by atoms with E-state index in [0.29, 0.717) is 101 Å². The molecule has 29 heteroatoms. The van der Waals surface area contributed by atoms with Crippen LogP contribution in [0.25, 0.3) is 0 Å². The van der Waals surface area contributed by atoms with Crippen molar-refractivity contribution in [2.75, 3.05) is 52.3 Å². The topological polar surface area (TPSA) is 192 Å². The van der Waals surface area contributed by atoms with Crippen LogP contribution in [0.1, 0.15) is 144 Å². The van der Waals surface area contributed by atoms with Crippen LogP contribution in [0.15, 0.2) is 155 Å². The first kappa shape index (κ1) is 88.1. The van der Waals surface area contributed by atoms with Crippen molar-refractivity contribution in [2.45, 2.75) is 160 Å². The number of amides is 1. The number of sulfonamides is 1. The molecule has 8 aromatic carbocycles. The summed E-state index contributed by atoms with van der Waals surface area (Å²) >= 11 is 24.0. The Hall–Kier alpha value is -7.20. The van der Waals surface area contributed by atoms with Crippen LogP contribution in [0.4, 0.5) is 35.1 Å².